The molecule has 0 amide bonds. The maximum Gasteiger partial charge on any atom is 0.139 e. The van der Waals surface area contributed by atoms with Crippen molar-refractivity contribution in [1.82, 2.24) is 0 Å². The Morgan fingerprint density at radius 2 is 2.06 bits per heavy atom. The zero-order chi connectivity index (χ0) is 12.0. The van der Waals surface area contributed by atoms with Crippen LogP contribution in [0.15, 0.2) is 18.2 Å². The molecule has 1 rings (SSSR count). The smallest absolute Gasteiger partial charge is 0.139 e. The lowest BCUT2D eigenvalue weighted by molar-refractivity contribution is 0.308. The average Bonchev–Trinajstić information content (AvgIpc) is 2.22. The van der Waals surface area contributed by atoms with Crippen molar-refractivity contribution in [2.75, 3.05) is 6.61 Å². The fourth-order valence-electron chi connectivity index (χ4n) is 1.19. The third-order valence-corrected chi connectivity index (χ3v) is 2.54. The van der Waals surface area contributed by atoms with E-state index in [1.807, 2.05) is 0 Å². The van der Waals surface area contributed by atoms with Crippen molar-refractivity contribution in [3.63, 3.8) is 0 Å². The summed E-state index contributed by atoms with van der Waals surface area (Å²) in [6.07, 6.45) is 2.28. The summed E-state index contributed by atoms with van der Waals surface area (Å²) in [4.78, 5) is 0. The SMILES string of the molecule is N=C(N)CCCCOc1cc(Cl)ccc1Cl. The lowest BCUT2D eigenvalue weighted by atomic mass is 10.2. The predicted octanol–water partition coefficient (Wildman–Crippen LogP) is 3.48. The maximum atomic E-state index is 7.05. The Morgan fingerprint density at radius 1 is 1.31 bits per heavy atom. The van der Waals surface area contributed by atoms with Crippen LogP contribution in [0, 0.1) is 5.41 Å². The number of hydrogen-bond acceptors (Lipinski definition) is 2. The lowest BCUT2D eigenvalue weighted by Gasteiger charge is -2.07. The van der Waals surface area contributed by atoms with Crippen molar-refractivity contribution in [2.24, 2.45) is 5.73 Å². The van der Waals surface area contributed by atoms with E-state index >= 15 is 0 Å². The van der Waals surface area contributed by atoms with E-state index in [0.717, 1.165) is 12.8 Å². The van der Waals surface area contributed by atoms with E-state index in [4.69, 9.17) is 39.1 Å². The Morgan fingerprint density at radius 3 is 2.75 bits per heavy atom. The van der Waals surface area contributed by atoms with Crippen molar-refractivity contribution in [1.29, 1.82) is 5.41 Å². The van der Waals surface area contributed by atoms with Crippen LogP contribution >= 0.6 is 23.2 Å². The second kappa shape index (κ2) is 6.61. The number of halogens is 2. The predicted molar refractivity (Wildman–Crippen MR) is 67.7 cm³/mol. The fourth-order valence-corrected chi connectivity index (χ4v) is 1.52. The van der Waals surface area contributed by atoms with Gasteiger partial charge in [0.25, 0.3) is 0 Å². The van der Waals surface area contributed by atoms with Gasteiger partial charge in [-0.3, -0.25) is 5.41 Å². The highest BCUT2D eigenvalue weighted by molar-refractivity contribution is 6.34. The summed E-state index contributed by atoms with van der Waals surface area (Å²) in [5.41, 5.74) is 5.23. The molecule has 0 unspecified atom stereocenters. The van der Waals surface area contributed by atoms with Crippen molar-refractivity contribution >= 4 is 29.0 Å². The lowest BCUT2D eigenvalue weighted by Crippen LogP contribution is -2.09. The maximum absolute atomic E-state index is 7.05. The first-order valence-corrected chi connectivity index (χ1v) is 5.76. The van der Waals surface area contributed by atoms with Gasteiger partial charge in [-0.05, 0) is 25.0 Å². The van der Waals surface area contributed by atoms with Gasteiger partial charge in [-0.2, -0.15) is 0 Å². The zero-order valence-corrected chi connectivity index (χ0v) is 10.3. The van der Waals surface area contributed by atoms with Crippen LogP contribution in [0.3, 0.4) is 0 Å². The molecule has 0 atom stereocenters. The van der Waals surface area contributed by atoms with Crippen LogP contribution in [0.1, 0.15) is 19.3 Å². The van der Waals surface area contributed by atoms with Crippen LogP contribution in [0.2, 0.25) is 10.0 Å². The van der Waals surface area contributed by atoms with Gasteiger partial charge in [-0.1, -0.05) is 23.2 Å². The quantitative estimate of drug-likeness (QED) is 0.468. The Hall–Kier alpha value is -0.930. The molecule has 0 radical (unpaired) electrons. The van der Waals surface area contributed by atoms with Gasteiger partial charge in [-0.15, -0.1) is 0 Å². The van der Waals surface area contributed by atoms with Gasteiger partial charge < -0.3 is 10.5 Å². The monoisotopic (exact) mass is 260 g/mol. The van der Waals surface area contributed by atoms with Gasteiger partial charge in [0.05, 0.1) is 17.5 Å². The summed E-state index contributed by atoms with van der Waals surface area (Å²) in [6.45, 7) is 0.549. The number of unbranched alkanes of at least 4 members (excludes halogenated alkanes) is 1. The van der Waals surface area contributed by atoms with E-state index in [9.17, 15) is 0 Å². The summed E-state index contributed by atoms with van der Waals surface area (Å²) in [7, 11) is 0. The van der Waals surface area contributed by atoms with Crippen LogP contribution in [-0.2, 0) is 0 Å². The molecule has 88 valence electrons. The molecule has 5 heteroatoms. The molecule has 0 aromatic heterocycles. The molecular formula is C11H14Cl2N2O. The molecule has 0 aliphatic rings. The normalized spacial score (nSPS) is 10.1. The largest absolute Gasteiger partial charge is 0.492 e. The molecule has 1 aromatic rings. The molecule has 0 fully saturated rings. The summed E-state index contributed by atoms with van der Waals surface area (Å²) in [5, 5.41) is 8.21. The molecule has 0 spiro atoms. The number of amidine groups is 1. The number of benzene rings is 1. The molecule has 16 heavy (non-hydrogen) atoms. The molecule has 0 saturated carbocycles. The van der Waals surface area contributed by atoms with E-state index in [0.29, 0.717) is 28.8 Å². The first-order chi connectivity index (χ1) is 7.59. The first kappa shape index (κ1) is 13.1. The summed E-state index contributed by atoms with van der Waals surface area (Å²) < 4.78 is 5.47. The molecule has 3 N–H and O–H groups in total. The third kappa shape index (κ3) is 4.73. The van der Waals surface area contributed by atoms with Gasteiger partial charge in [-0.25, -0.2) is 0 Å². The summed E-state index contributed by atoms with van der Waals surface area (Å²) in [6, 6.07) is 5.11. The Labute approximate surface area is 105 Å². The highest BCUT2D eigenvalue weighted by Crippen LogP contribution is 2.27. The van der Waals surface area contributed by atoms with Gasteiger partial charge >= 0.3 is 0 Å². The van der Waals surface area contributed by atoms with E-state index in [-0.39, 0.29) is 5.84 Å². The topological polar surface area (TPSA) is 59.1 Å². The van der Waals surface area contributed by atoms with Crippen molar-refractivity contribution in [3.8, 4) is 5.75 Å². The van der Waals surface area contributed by atoms with Crippen molar-refractivity contribution in [3.05, 3.63) is 28.2 Å². The van der Waals surface area contributed by atoms with E-state index < -0.39 is 0 Å². The molecule has 0 saturated heterocycles. The molecule has 0 bridgehead atoms. The molecule has 1 aromatic carbocycles. The van der Waals surface area contributed by atoms with Gasteiger partial charge in [0, 0.05) is 17.5 Å². The van der Waals surface area contributed by atoms with Crippen molar-refractivity contribution < 1.29 is 4.74 Å². The standard InChI is InChI=1S/C11H14Cl2N2O/c12-8-4-5-9(13)10(7-8)16-6-2-1-3-11(14)15/h4-5,7H,1-3,6H2,(H3,14,15). The molecular weight excluding hydrogens is 247 g/mol. The molecule has 0 aliphatic carbocycles. The Balaban J connectivity index is 2.31. The molecule has 0 aliphatic heterocycles. The van der Waals surface area contributed by atoms with Crippen LogP contribution in [-0.4, -0.2) is 12.4 Å². The summed E-state index contributed by atoms with van der Waals surface area (Å²) in [5.74, 6) is 0.803. The second-order valence-corrected chi connectivity index (χ2v) is 4.25. The number of nitrogens with two attached hydrogens (primary N) is 1. The Kier molecular flexibility index (Phi) is 5.43. The van der Waals surface area contributed by atoms with Gasteiger partial charge in [0.2, 0.25) is 0 Å². The fraction of sp³-hybridized carbons (Fsp3) is 0.364. The molecule has 0 heterocycles. The average molecular weight is 261 g/mol. The first-order valence-electron chi connectivity index (χ1n) is 5.00. The van der Waals surface area contributed by atoms with Crippen LogP contribution in [0.25, 0.3) is 0 Å². The van der Waals surface area contributed by atoms with Crippen LogP contribution in [0.5, 0.6) is 5.75 Å². The highest BCUT2D eigenvalue weighted by Gasteiger charge is 2.02. The van der Waals surface area contributed by atoms with E-state index in [1.165, 1.54) is 0 Å². The minimum absolute atomic E-state index is 0.209. The van der Waals surface area contributed by atoms with E-state index in [2.05, 4.69) is 0 Å². The van der Waals surface area contributed by atoms with Gasteiger partial charge in [0.1, 0.15) is 5.75 Å². The zero-order valence-electron chi connectivity index (χ0n) is 8.80. The van der Waals surface area contributed by atoms with Crippen LogP contribution < -0.4 is 10.5 Å². The van der Waals surface area contributed by atoms with E-state index in [1.54, 1.807) is 18.2 Å². The number of nitrogens with one attached hydrogen (secondary N) is 1. The number of ether oxygens (including phenoxy) is 1. The Bertz CT molecular complexity index is 369. The summed E-state index contributed by atoms with van der Waals surface area (Å²) >= 11 is 11.7. The van der Waals surface area contributed by atoms with Gasteiger partial charge in [0.15, 0.2) is 0 Å². The minimum Gasteiger partial charge on any atom is -0.492 e. The third-order valence-electron chi connectivity index (χ3n) is 1.99. The number of rotatable bonds is 6. The number of hydrogen-bond donors (Lipinski definition) is 2. The second-order valence-electron chi connectivity index (χ2n) is 3.41. The highest BCUT2D eigenvalue weighted by atomic mass is 35.5. The molecule has 3 nitrogen and oxygen atoms in total. The van der Waals surface area contributed by atoms with Crippen molar-refractivity contribution in [2.45, 2.75) is 19.3 Å². The minimum atomic E-state index is 0.209. The van der Waals surface area contributed by atoms with Crippen LogP contribution in [0.4, 0.5) is 0 Å².